The number of hydrogen-bond acceptors (Lipinski definition) is 5. The second-order valence-corrected chi connectivity index (χ2v) is 7.45. The summed E-state index contributed by atoms with van der Waals surface area (Å²) in [6.45, 7) is 1.88. The van der Waals surface area contributed by atoms with E-state index >= 15 is 0 Å². The fraction of sp³-hybridized carbons (Fsp3) is 0.0667. The van der Waals surface area contributed by atoms with Crippen LogP contribution in [0.3, 0.4) is 0 Å². The Kier molecular flexibility index (Phi) is 4.18. The van der Waals surface area contributed by atoms with Crippen LogP contribution in [-0.4, -0.2) is 19.8 Å². The zero-order chi connectivity index (χ0) is 16.4. The van der Waals surface area contributed by atoms with Crippen LogP contribution in [-0.2, 0) is 10.0 Å². The van der Waals surface area contributed by atoms with E-state index in [1.807, 2.05) is 19.1 Å². The molecule has 118 valence electrons. The zero-order valence-corrected chi connectivity index (χ0v) is 14.4. The van der Waals surface area contributed by atoms with Gasteiger partial charge in [-0.15, -0.1) is 0 Å². The summed E-state index contributed by atoms with van der Waals surface area (Å²) in [5.41, 5.74) is 2.01. The molecule has 1 heterocycles. The predicted octanol–water partition coefficient (Wildman–Crippen LogP) is 3.21. The Bertz CT molecular complexity index is 979. The number of benzene rings is 2. The largest absolute Gasteiger partial charge is 0.356 e. The molecule has 2 aromatic carbocycles. The molecule has 23 heavy (non-hydrogen) atoms. The quantitative estimate of drug-likeness (QED) is 0.544. The number of nitrogens with one attached hydrogen (secondary N) is 1. The van der Waals surface area contributed by atoms with Crippen LogP contribution in [0.4, 0.5) is 0 Å². The highest BCUT2D eigenvalue weighted by Gasteiger charge is 2.12. The van der Waals surface area contributed by atoms with Gasteiger partial charge in [0.25, 0.3) is 10.0 Å². The van der Waals surface area contributed by atoms with Gasteiger partial charge in [-0.3, -0.25) is 0 Å². The molecule has 1 N–H and O–H groups in total. The Morgan fingerprint density at radius 2 is 1.96 bits per heavy atom. The van der Waals surface area contributed by atoms with Gasteiger partial charge in [-0.1, -0.05) is 38.8 Å². The molecule has 0 aliphatic rings. The SMILES string of the molecule is Cc1ccc(S(=O)(=O)N/N=C\c2noc3cc(Br)ccc23)cc1. The van der Waals surface area contributed by atoms with Crippen molar-refractivity contribution in [1.82, 2.24) is 9.99 Å². The van der Waals surface area contributed by atoms with Crippen molar-refractivity contribution in [1.29, 1.82) is 0 Å². The summed E-state index contributed by atoms with van der Waals surface area (Å²) in [5.74, 6) is 0. The maximum Gasteiger partial charge on any atom is 0.276 e. The molecular weight excluding hydrogens is 382 g/mol. The Labute approximate surface area is 141 Å². The molecule has 0 aliphatic heterocycles. The van der Waals surface area contributed by atoms with Crippen molar-refractivity contribution in [2.45, 2.75) is 11.8 Å². The second kappa shape index (κ2) is 6.13. The fourth-order valence-electron chi connectivity index (χ4n) is 1.95. The van der Waals surface area contributed by atoms with Gasteiger partial charge in [-0.2, -0.15) is 13.5 Å². The van der Waals surface area contributed by atoms with E-state index in [1.165, 1.54) is 18.3 Å². The van der Waals surface area contributed by atoms with Gasteiger partial charge in [0.15, 0.2) is 5.58 Å². The average molecular weight is 394 g/mol. The molecule has 0 radical (unpaired) electrons. The van der Waals surface area contributed by atoms with Crippen molar-refractivity contribution in [3.05, 3.63) is 58.2 Å². The predicted molar refractivity (Wildman–Crippen MR) is 90.8 cm³/mol. The first-order valence-corrected chi connectivity index (χ1v) is 8.90. The van der Waals surface area contributed by atoms with E-state index in [0.717, 1.165) is 15.4 Å². The van der Waals surface area contributed by atoms with Crippen LogP contribution < -0.4 is 4.83 Å². The second-order valence-electron chi connectivity index (χ2n) is 4.87. The van der Waals surface area contributed by atoms with Gasteiger partial charge in [0, 0.05) is 4.47 Å². The smallest absolute Gasteiger partial charge is 0.276 e. The first-order chi connectivity index (χ1) is 11.0. The standard InChI is InChI=1S/C15H12BrN3O3S/c1-10-2-5-12(6-3-10)23(20,21)19-17-9-14-13-7-4-11(16)8-15(13)22-18-14/h2-9,19H,1H3/b17-9-. The Morgan fingerprint density at radius 3 is 2.70 bits per heavy atom. The van der Waals surface area contributed by atoms with Gasteiger partial charge in [0.05, 0.1) is 16.5 Å². The molecule has 0 unspecified atom stereocenters. The molecule has 0 aliphatic carbocycles. The number of aryl methyl sites for hydroxylation is 1. The molecule has 0 spiro atoms. The highest BCUT2D eigenvalue weighted by molar-refractivity contribution is 9.10. The number of nitrogens with zero attached hydrogens (tertiary/aromatic N) is 2. The summed E-state index contributed by atoms with van der Waals surface area (Å²) in [5, 5.41) is 8.36. The molecule has 8 heteroatoms. The highest BCUT2D eigenvalue weighted by atomic mass is 79.9. The zero-order valence-electron chi connectivity index (χ0n) is 12.0. The molecule has 0 fully saturated rings. The van der Waals surface area contributed by atoms with Crippen LogP contribution in [0, 0.1) is 6.92 Å². The minimum absolute atomic E-state index is 0.147. The van der Waals surface area contributed by atoms with Gasteiger partial charge in [0.2, 0.25) is 0 Å². The average Bonchev–Trinajstić information content (AvgIpc) is 2.90. The molecular formula is C15H12BrN3O3S. The molecule has 0 saturated heterocycles. The summed E-state index contributed by atoms with van der Waals surface area (Å²) >= 11 is 3.34. The van der Waals surface area contributed by atoms with E-state index < -0.39 is 10.0 Å². The van der Waals surface area contributed by atoms with Crippen molar-refractivity contribution in [2.75, 3.05) is 0 Å². The van der Waals surface area contributed by atoms with E-state index in [-0.39, 0.29) is 4.90 Å². The van der Waals surface area contributed by atoms with E-state index in [4.69, 9.17) is 4.52 Å². The van der Waals surface area contributed by atoms with Crippen LogP contribution in [0.5, 0.6) is 0 Å². The van der Waals surface area contributed by atoms with Crippen LogP contribution in [0.2, 0.25) is 0 Å². The third-order valence-electron chi connectivity index (χ3n) is 3.15. The number of halogens is 1. The monoisotopic (exact) mass is 393 g/mol. The first kappa shape index (κ1) is 15.7. The van der Waals surface area contributed by atoms with Crippen molar-refractivity contribution >= 4 is 43.1 Å². The maximum atomic E-state index is 12.1. The van der Waals surface area contributed by atoms with Gasteiger partial charge in [-0.25, -0.2) is 4.83 Å². The van der Waals surface area contributed by atoms with E-state index in [1.54, 1.807) is 18.2 Å². The molecule has 0 bridgehead atoms. The maximum absolute atomic E-state index is 12.1. The lowest BCUT2D eigenvalue weighted by atomic mass is 10.2. The molecule has 6 nitrogen and oxygen atoms in total. The van der Waals surface area contributed by atoms with E-state index in [2.05, 4.69) is 31.0 Å². The normalized spacial score (nSPS) is 12.1. The topological polar surface area (TPSA) is 84.6 Å². The molecule has 0 amide bonds. The van der Waals surface area contributed by atoms with E-state index in [9.17, 15) is 8.42 Å². The van der Waals surface area contributed by atoms with Crippen molar-refractivity contribution in [2.24, 2.45) is 5.10 Å². The molecule has 1 aromatic heterocycles. The number of hydrogen-bond donors (Lipinski definition) is 1. The van der Waals surface area contributed by atoms with Gasteiger partial charge in [-0.05, 0) is 37.3 Å². The fourth-order valence-corrected chi connectivity index (χ4v) is 3.08. The van der Waals surface area contributed by atoms with Crippen LogP contribution in [0.1, 0.15) is 11.3 Å². The lowest BCUT2D eigenvalue weighted by Gasteiger charge is -2.02. The van der Waals surface area contributed by atoms with Crippen LogP contribution >= 0.6 is 15.9 Å². The number of fused-ring (bicyclic) bond motifs is 1. The van der Waals surface area contributed by atoms with Crippen LogP contribution in [0.25, 0.3) is 11.0 Å². The summed E-state index contributed by atoms with van der Waals surface area (Å²) in [7, 11) is -3.70. The summed E-state index contributed by atoms with van der Waals surface area (Å²) in [6.07, 6.45) is 1.31. The lowest BCUT2D eigenvalue weighted by molar-refractivity contribution is 0.455. The first-order valence-electron chi connectivity index (χ1n) is 6.62. The third-order valence-corrected chi connectivity index (χ3v) is 4.88. The Morgan fingerprint density at radius 1 is 1.22 bits per heavy atom. The van der Waals surface area contributed by atoms with Gasteiger partial charge in [0.1, 0.15) is 5.69 Å². The molecule has 3 rings (SSSR count). The third kappa shape index (κ3) is 3.43. The highest BCUT2D eigenvalue weighted by Crippen LogP contribution is 2.21. The number of rotatable bonds is 4. The molecule has 0 atom stereocenters. The van der Waals surface area contributed by atoms with Crippen molar-refractivity contribution in [3.63, 3.8) is 0 Å². The summed E-state index contributed by atoms with van der Waals surface area (Å²) < 4.78 is 30.2. The molecule has 3 aromatic rings. The van der Waals surface area contributed by atoms with Gasteiger partial charge < -0.3 is 4.52 Å². The van der Waals surface area contributed by atoms with Crippen LogP contribution in [0.15, 0.2) is 61.5 Å². The number of sulfonamides is 1. The number of aromatic nitrogens is 1. The Balaban J connectivity index is 1.81. The van der Waals surface area contributed by atoms with Crippen molar-refractivity contribution in [3.8, 4) is 0 Å². The van der Waals surface area contributed by atoms with Crippen molar-refractivity contribution < 1.29 is 12.9 Å². The van der Waals surface area contributed by atoms with Gasteiger partial charge >= 0.3 is 0 Å². The minimum Gasteiger partial charge on any atom is -0.356 e. The molecule has 0 saturated carbocycles. The minimum atomic E-state index is -3.70. The number of hydrazone groups is 1. The lowest BCUT2D eigenvalue weighted by Crippen LogP contribution is -2.18. The summed E-state index contributed by atoms with van der Waals surface area (Å²) in [4.78, 5) is 2.31. The Hall–Kier alpha value is -2.19. The summed E-state index contributed by atoms with van der Waals surface area (Å²) in [6, 6.07) is 11.9. The van der Waals surface area contributed by atoms with E-state index in [0.29, 0.717) is 11.3 Å².